The molecule has 1 saturated heterocycles. The van der Waals surface area contributed by atoms with Crippen LogP contribution >= 0.6 is 0 Å². The molecule has 2 heterocycles. The van der Waals surface area contributed by atoms with E-state index in [2.05, 4.69) is 57.4 Å². The van der Waals surface area contributed by atoms with E-state index >= 15 is 0 Å². The lowest BCUT2D eigenvalue weighted by Gasteiger charge is -2.21. The van der Waals surface area contributed by atoms with Crippen molar-refractivity contribution in [2.75, 3.05) is 17.6 Å². The smallest absolute Gasteiger partial charge is 0.152 e. The molecule has 1 aromatic heterocycles. The third-order valence-corrected chi connectivity index (χ3v) is 4.01. The zero-order valence-electron chi connectivity index (χ0n) is 12.2. The molecule has 2 atom stereocenters. The molecule has 0 saturated carbocycles. The molecule has 1 aliphatic rings. The average Bonchev–Trinajstić information content (AvgIpc) is 2.82. The molecule has 21 heavy (non-hydrogen) atoms. The van der Waals surface area contributed by atoms with Crippen LogP contribution in [0.2, 0.25) is 0 Å². The van der Waals surface area contributed by atoms with E-state index in [4.69, 9.17) is 5.73 Å². The lowest BCUT2D eigenvalue weighted by atomic mass is 10.2. The fourth-order valence-electron chi connectivity index (χ4n) is 2.90. The first-order valence-corrected chi connectivity index (χ1v) is 7.32. The number of nitrogen functional groups attached to an aromatic ring is 1. The lowest BCUT2D eigenvalue weighted by Crippen LogP contribution is -2.28. The number of nitrogens with zero attached hydrogens (tertiary/aromatic N) is 3. The topological polar surface area (TPSA) is 67.1 Å². The summed E-state index contributed by atoms with van der Waals surface area (Å²) in [4.78, 5) is 10.6. The van der Waals surface area contributed by atoms with Crippen LogP contribution in [0.4, 0.5) is 11.5 Å². The Morgan fingerprint density at radius 3 is 2.90 bits per heavy atom. The van der Waals surface area contributed by atoms with Crippen LogP contribution < -0.4 is 11.1 Å². The molecule has 1 aliphatic heterocycles. The summed E-state index contributed by atoms with van der Waals surface area (Å²) >= 11 is 0. The van der Waals surface area contributed by atoms with Gasteiger partial charge in [-0.2, -0.15) is 0 Å². The van der Waals surface area contributed by atoms with E-state index in [1.165, 1.54) is 11.9 Å². The van der Waals surface area contributed by atoms with E-state index < -0.39 is 0 Å². The predicted octanol–water partition coefficient (Wildman–Crippen LogP) is 2.13. The van der Waals surface area contributed by atoms with Crippen molar-refractivity contribution >= 4 is 11.5 Å². The highest BCUT2D eigenvalue weighted by molar-refractivity contribution is 5.59. The maximum atomic E-state index is 5.89. The van der Waals surface area contributed by atoms with Crippen LogP contribution in [0.3, 0.4) is 0 Å². The van der Waals surface area contributed by atoms with Crippen LogP contribution in [0, 0.1) is 0 Å². The molecule has 5 heteroatoms. The number of rotatable bonds is 4. The third kappa shape index (κ3) is 3.31. The summed E-state index contributed by atoms with van der Waals surface area (Å²) in [6.45, 7) is 4.26. The summed E-state index contributed by atoms with van der Waals surface area (Å²) in [6.07, 6.45) is 4.25. The molecular weight excluding hydrogens is 262 g/mol. The average molecular weight is 283 g/mol. The first-order chi connectivity index (χ1) is 10.2. The predicted molar refractivity (Wildman–Crippen MR) is 84.8 cm³/mol. The normalized spacial score (nSPS) is 22.3. The van der Waals surface area contributed by atoms with Crippen LogP contribution in [0.15, 0.2) is 42.9 Å². The Labute approximate surface area is 125 Å². The second kappa shape index (κ2) is 6.10. The van der Waals surface area contributed by atoms with Gasteiger partial charge in [0.2, 0.25) is 0 Å². The van der Waals surface area contributed by atoms with Gasteiger partial charge < -0.3 is 11.1 Å². The lowest BCUT2D eigenvalue weighted by molar-refractivity contribution is 0.259. The molecule has 0 amide bonds. The quantitative estimate of drug-likeness (QED) is 0.900. The van der Waals surface area contributed by atoms with Crippen LogP contribution in [-0.2, 0) is 6.54 Å². The van der Waals surface area contributed by atoms with Crippen LogP contribution in [0.25, 0.3) is 0 Å². The highest BCUT2D eigenvalue weighted by Gasteiger charge is 2.29. The van der Waals surface area contributed by atoms with Gasteiger partial charge in [-0.1, -0.05) is 30.3 Å². The Morgan fingerprint density at radius 1 is 1.33 bits per heavy atom. The molecule has 0 aliphatic carbocycles. The molecule has 0 bridgehead atoms. The van der Waals surface area contributed by atoms with Crippen molar-refractivity contribution in [1.82, 2.24) is 14.9 Å². The Kier molecular flexibility index (Phi) is 4.01. The number of hydrogen-bond acceptors (Lipinski definition) is 5. The van der Waals surface area contributed by atoms with Crippen molar-refractivity contribution in [1.29, 1.82) is 0 Å². The van der Waals surface area contributed by atoms with E-state index in [1.807, 2.05) is 0 Å². The molecule has 3 N–H and O–H groups in total. The molecule has 1 aromatic carbocycles. The molecule has 1 fully saturated rings. The van der Waals surface area contributed by atoms with Crippen LogP contribution in [-0.4, -0.2) is 33.5 Å². The fourth-order valence-corrected chi connectivity index (χ4v) is 2.90. The Bertz CT molecular complexity index is 586. The first-order valence-electron chi connectivity index (χ1n) is 7.32. The highest BCUT2D eigenvalue weighted by Crippen LogP contribution is 2.24. The van der Waals surface area contributed by atoms with Gasteiger partial charge in [0.1, 0.15) is 6.33 Å². The summed E-state index contributed by atoms with van der Waals surface area (Å²) in [6, 6.07) is 11.5. The van der Waals surface area contributed by atoms with Gasteiger partial charge in [-0.05, 0) is 18.9 Å². The van der Waals surface area contributed by atoms with Crippen molar-refractivity contribution < 1.29 is 0 Å². The highest BCUT2D eigenvalue weighted by atomic mass is 15.2. The number of anilines is 2. The van der Waals surface area contributed by atoms with Crippen molar-refractivity contribution in [2.24, 2.45) is 0 Å². The SMILES string of the molecule is CC1CC(Nc2ncncc2N)CN1Cc1ccccc1. The van der Waals surface area contributed by atoms with E-state index in [-0.39, 0.29) is 0 Å². The van der Waals surface area contributed by atoms with Gasteiger partial charge in [-0.3, -0.25) is 4.90 Å². The largest absolute Gasteiger partial charge is 0.394 e. The minimum atomic E-state index is 0.376. The van der Waals surface area contributed by atoms with Gasteiger partial charge in [0, 0.05) is 25.2 Å². The molecule has 2 aromatic rings. The van der Waals surface area contributed by atoms with E-state index in [1.54, 1.807) is 6.20 Å². The van der Waals surface area contributed by atoms with Crippen LogP contribution in [0.5, 0.6) is 0 Å². The summed E-state index contributed by atoms with van der Waals surface area (Å²) in [5, 5.41) is 3.44. The van der Waals surface area contributed by atoms with E-state index in [0.29, 0.717) is 17.8 Å². The van der Waals surface area contributed by atoms with E-state index in [9.17, 15) is 0 Å². The fraction of sp³-hybridized carbons (Fsp3) is 0.375. The van der Waals surface area contributed by atoms with Gasteiger partial charge in [0.15, 0.2) is 5.82 Å². The minimum Gasteiger partial charge on any atom is -0.394 e. The number of nitrogens with two attached hydrogens (primary N) is 1. The summed E-state index contributed by atoms with van der Waals surface area (Å²) in [5.41, 5.74) is 7.85. The third-order valence-electron chi connectivity index (χ3n) is 4.01. The summed E-state index contributed by atoms with van der Waals surface area (Å²) in [5.74, 6) is 0.740. The minimum absolute atomic E-state index is 0.376. The number of nitrogens with one attached hydrogen (secondary N) is 1. The first kappa shape index (κ1) is 13.8. The molecule has 3 rings (SSSR count). The molecule has 0 radical (unpaired) electrons. The van der Waals surface area contributed by atoms with Crippen molar-refractivity contribution in [3.63, 3.8) is 0 Å². The summed E-state index contributed by atoms with van der Waals surface area (Å²) < 4.78 is 0. The van der Waals surface area contributed by atoms with Gasteiger partial charge >= 0.3 is 0 Å². The molecule has 2 unspecified atom stereocenters. The molecular formula is C16H21N5. The number of hydrogen-bond donors (Lipinski definition) is 2. The Morgan fingerprint density at radius 2 is 2.14 bits per heavy atom. The van der Waals surface area contributed by atoms with Gasteiger partial charge in [-0.25, -0.2) is 9.97 Å². The number of benzene rings is 1. The zero-order chi connectivity index (χ0) is 14.7. The van der Waals surface area contributed by atoms with Crippen LogP contribution in [0.1, 0.15) is 18.9 Å². The number of likely N-dealkylation sites (tertiary alicyclic amines) is 1. The second-order valence-electron chi connectivity index (χ2n) is 5.67. The second-order valence-corrected chi connectivity index (χ2v) is 5.67. The monoisotopic (exact) mass is 283 g/mol. The number of aromatic nitrogens is 2. The van der Waals surface area contributed by atoms with Crippen molar-refractivity contribution in [3.8, 4) is 0 Å². The Balaban J connectivity index is 1.62. The van der Waals surface area contributed by atoms with Crippen molar-refractivity contribution in [3.05, 3.63) is 48.4 Å². The Hall–Kier alpha value is -2.14. The van der Waals surface area contributed by atoms with Gasteiger partial charge in [0.05, 0.1) is 11.9 Å². The zero-order valence-corrected chi connectivity index (χ0v) is 12.2. The molecule has 5 nitrogen and oxygen atoms in total. The van der Waals surface area contributed by atoms with Gasteiger partial charge in [0.25, 0.3) is 0 Å². The summed E-state index contributed by atoms with van der Waals surface area (Å²) in [7, 11) is 0. The maximum Gasteiger partial charge on any atom is 0.152 e. The van der Waals surface area contributed by atoms with Crippen molar-refractivity contribution in [2.45, 2.75) is 32.0 Å². The maximum absolute atomic E-state index is 5.89. The molecule has 110 valence electrons. The molecule has 0 spiro atoms. The standard InChI is InChI=1S/C16H21N5/c1-12-7-14(20-16-15(17)8-18-11-19-16)10-21(12)9-13-5-3-2-4-6-13/h2-6,8,11-12,14H,7,9-10,17H2,1H3,(H,18,19,20). The van der Waals surface area contributed by atoms with Gasteiger partial charge in [-0.15, -0.1) is 0 Å². The van der Waals surface area contributed by atoms with E-state index in [0.717, 1.165) is 25.3 Å².